The third-order valence-electron chi connectivity index (χ3n) is 10.2. The van der Waals surface area contributed by atoms with E-state index in [1.165, 1.54) is 21.9 Å². The van der Waals surface area contributed by atoms with Gasteiger partial charge in [0.25, 0.3) is 0 Å². The SMILES string of the molecule is CCCNC(=O)[C@@]12C[C@@H]1/C=C\CCCCC[C@H](NCc1ccc(F)c(F)c1)C(=O)N1C[C@H](OC(=O)N3Cc4cccc(F)c4C3)C[C@H]1C(=O)N2. The third kappa shape index (κ3) is 7.67. The Morgan fingerprint density at radius 3 is 2.66 bits per heavy atom. The van der Waals surface area contributed by atoms with Crippen LogP contribution in [0.1, 0.15) is 75.0 Å². The van der Waals surface area contributed by atoms with E-state index in [2.05, 4.69) is 16.0 Å². The van der Waals surface area contributed by atoms with Crippen LogP contribution in [0.2, 0.25) is 0 Å². The predicted molar refractivity (Wildman–Crippen MR) is 178 cm³/mol. The fraction of sp³-hybridized carbons (Fsp3) is 0.514. The largest absolute Gasteiger partial charge is 0.444 e. The molecule has 6 rings (SSSR count). The maximum absolute atomic E-state index is 14.4. The smallest absolute Gasteiger partial charge is 0.410 e. The summed E-state index contributed by atoms with van der Waals surface area (Å²) in [5.41, 5.74) is 0.406. The number of carbonyl (C=O) groups is 4. The molecule has 3 heterocycles. The minimum Gasteiger partial charge on any atom is -0.444 e. The average molecular weight is 696 g/mol. The molecule has 3 N–H and O–H groups in total. The number of carbonyl (C=O) groups excluding carboxylic acids is 4. The number of fused-ring (bicyclic) bond motifs is 3. The Balaban J connectivity index is 1.23. The first-order valence-electron chi connectivity index (χ1n) is 17.6. The normalized spacial score (nSPS) is 27.3. The van der Waals surface area contributed by atoms with Crippen LogP contribution in [-0.2, 0) is 38.8 Å². The van der Waals surface area contributed by atoms with Crippen molar-refractivity contribution in [2.24, 2.45) is 5.92 Å². The summed E-state index contributed by atoms with van der Waals surface area (Å²) in [6.45, 7) is 2.61. The van der Waals surface area contributed by atoms with E-state index in [0.717, 1.165) is 37.8 Å². The first-order chi connectivity index (χ1) is 24.1. The Bertz CT molecular complexity index is 1660. The molecule has 1 saturated heterocycles. The summed E-state index contributed by atoms with van der Waals surface area (Å²) in [6.07, 6.45) is 7.23. The maximum atomic E-state index is 14.4. The number of amides is 4. The van der Waals surface area contributed by atoms with Gasteiger partial charge in [0.1, 0.15) is 23.5 Å². The molecule has 0 bridgehead atoms. The lowest BCUT2D eigenvalue weighted by Gasteiger charge is -2.30. The molecule has 4 aliphatic rings. The summed E-state index contributed by atoms with van der Waals surface area (Å²) < 4.78 is 47.8. The number of ether oxygens (including phenoxy) is 1. The van der Waals surface area contributed by atoms with Gasteiger partial charge in [-0.3, -0.25) is 19.3 Å². The Morgan fingerprint density at radius 2 is 1.88 bits per heavy atom. The predicted octanol–water partition coefficient (Wildman–Crippen LogP) is 4.61. The van der Waals surface area contributed by atoms with Gasteiger partial charge >= 0.3 is 6.09 Å². The number of halogens is 3. The highest BCUT2D eigenvalue weighted by atomic mass is 19.2. The molecule has 2 fully saturated rings. The summed E-state index contributed by atoms with van der Waals surface area (Å²) >= 11 is 0. The highest BCUT2D eigenvalue weighted by Gasteiger charge is 2.61. The van der Waals surface area contributed by atoms with E-state index in [1.807, 2.05) is 19.1 Å². The zero-order valence-electron chi connectivity index (χ0n) is 28.2. The zero-order valence-corrected chi connectivity index (χ0v) is 28.2. The number of rotatable bonds is 7. The van der Waals surface area contributed by atoms with Gasteiger partial charge in [-0.25, -0.2) is 18.0 Å². The Hall–Kier alpha value is -4.39. The number of benzene rings is 2. The molecule has 1 aliphatic carbocycles. The molecule has 0 aromatic heterocycles. The summed E-state index contributed by atoms with van der Waals surface area (Å²) in [5, 5.41) is 9.09. The quantitative estimate of drug-likeness (QED) is 0.365. The fourth-order valence-corrected chi connectivity index (χ4v) is 7.23. The molecule has 13 heteroatoms. The fourth-order valence-electron chi connectivity index (χ4n) is 7.23. The van der Waals surface area contributed by atoms with Crippen molar-refractivity contribution in [2.45, 2.75) is 102 Å². The average Bonchev–Trinajstić information content (AvgIpc) is 3.39. The van der Waals surface area contributed by atoms with Crippen molar-refractivity contribution >= 4 is 23.8 Å². The van der Waals surface area contributed by atoms with E-state index in [-0.39, 0.29) is 44.4 Å². The number of nitrogens with one attached hydrogen (secondary N) is 3. The van der Waals surface area contributed by atoms with Crippen LogP contribution < -0.4 is 16.0 Å². The van der Waals surface area contributed by atoms with Gasteiger partial charge in [-0.1, -0.05) is 50.1 Å². The molecule has 0 spiro atoms. The second-order valence-electron chi connectivity index (χ2n) is 13.8. The van der Waals surface area contributed by atoms with E-state index in [0.29, 0.717) is 42.5 Å². The summed E-state index contributed by atoms with van der Waals surface area (Å²) in [7, 11) is 0. The standard InChI is InChI=1S/C37H44F3N5O5/c1-2-15-41-35(48)37-18-25(37)10-6-4-3-5-7-12-31(42-19-23-13-14-29(39)30(40)16-23)34(47)45-21-26(17-32(45)33(46)43-37)50-36(49)44-20-24-9-8-11-28(38)27(24)22-44/h6,8-11,13-14,16,25-26,31-32,42H,2-5,7,12,15,17-22H2,1H3,(H,41,48)(H,43,46)/b10-6-/t25-,26+,31-,32-,37+/m0/s1. The number of hydrogen-bond acceptors (Lipinski definition) is 6. The van der Waals surface area contributed by atoms with Gasteiger partial charge in [0.2, 0.25) is 17.7 Å². The molecular weight excluding hydrogens is 651 g/mol. The monoisotopic (exact) mass is 695 g/mol. The Kier molecular flexibility index (Phi) is 10.8. The van der Waals surface area contributed by atoms with Crippen LogP contribution in [-0.4, -0.2) is 70.4 Å². The minimum atomic E-state index is -1.15. The molecule has 4 amide bonds. The van der Waals surface area contributed by atoms with Gasteiger partial charge in [0.15, 0.2) is 11.6 Å². The first-order valence-corrected chi connectivity index (χ1v) is 17.6. The molecule has 0 unspecified atom stereocenters. The van der Waals surface area contributed by atoms with Gasteiger partial charge in [-0.2, -0.15) is 0 Å². The van der Waals surface area contributed by atoms with Gasteiger partial charge in [0, 0.05) is 37.5 Å². The van der Waals surface area contributed by atoms with Crippen LogP contribution in [0, 0.1) is 23.4 Å². The van der Waals surface area contributed by atoms with Crippen molar-refractivity contribution < 1.29 is 37.1 Å². The van der Waals surface area contributed by atoms with Crippen LogP contribution in [0.5, 0.6) is 0 Å². The molecule has 268 valence electrons. The Labute approximate surface area is 289 Å². The van der Waals surface area contributed by atoms with Crippen LogP contribution in [0.4, 0.5) is 18.0 Å². The second-order valence-corrected chi connectivity index (χ2v) is 13.8. The number of hydrogen-bond donors (Lipinski definition) is 3. The van der Waals surface area contributed by atoms with Crippen LogP contribution in [0.25, 0.3) is 0 Å². The van der Waals surface area contributed by atoms with Crippen molar-refractivity contribution in [3.05, 3.63) is 82.7 Å². The van der Waals surface area contributed by atoms with Gasteiger partial charge in [-0.15, -0.1) is 0 Å². The molecular formula is C37H44F3N5O5. The number of nitrogens with zero attached hydrogens (tertiary/aromatic N) is 2. The van der Waals surface area contributed by atoms with Crippen molar-refractivity contribution in [1.29, 1.82) is 0 Å². The zero-order chi connectivity index (χ0) is 35.4. The lowest BCUT2D eigenvalue weighted by Crippen LogP contribution is -2.57. The third-order valence-corrected chi connectivity index (χ3v) is 10.2. The molecule has 1 saturated carbocycles. The van der Waals surface area contributed by atoms with Gasteiger partial charge < -0.3 is 25.6 Å². The van der Waals surface area contributed by atoms with E-state index in [9.17, 15) is 32.3 Å². The lowest BCUT2D eigenvalue weighted by atomic mass is 10.0. The first kappa shape index (κ1) is 35.4. The molecule has 50 heavy (non-hydrogen) atoms. The van der Waals surface area contributed by atoms with Crippen LogP contribution in [0.15, 0.2) is 48.6 Å². The van der Waals surface area contributed by atoms with E-state index in [4.69, 9.17) is 4.74 Å². The highest BCUT2D eigenvalue weighted by molar-refractivity contribution is 5.98. The molecule has 10 nitrogen and oxygen atoms in total. The summed E-state index contributed by atoms with van der Waals surface area (Å²) in [4.78, 5) is 58.0. The molecule has 2 aromatic rings. The molecule has 3 aliphatic heterocycles. The topological polar surface area (TPSA) is 120 Å². The highest BCUT2D eigenvalue weighted by Crippen LogP contribution is 2.45. The maximum Gasteiger partial charge on any atom is 0.410 e. The molecule has 5 atom stereocenters. The summed E-state index contributed by atoms with van der Waals surface area (Å²) in [5.74, 6) is -3.77. The molecule has 2 aromatic carbocycles. The lowest BCUT2D eigenvalue weighted by molar-refractivity contribution is -0.141. The van der Waals surface area contributed by atoms with Crippen LogP contribution >= 0.6 is 0 Å². The summed E-state index contributed by atoms with van der Waals surface area (Å²) in [6, 6.07) is 6.39. The van der Waals surface area contributed by atoms with E-state index in [1.54, 1.807) is 12.1 Å². The van der Waals surface area contributed by atoms with Crippen molar-refractivity contribution in [1.82, 2.24) is 25.8 Å². The van der Waals surface area contributed by atoms with E-state index < -0.39 is 59.1 Å². The Morgan fingerprint density at radius 1 is 1.04 bits per heavy atom. The van der Waals surface area contributed by atoms with Gasteiger partial charge in [0.05, 0.1) is 19.1 Å². The van der Waals surface area contributed by atoms with E-state index >= 15 is 0 Å². The van der Waals surface area contributed by atoms with Crippen molar-refractivity contribution in [3.8, 4) is 0 Å². The number of allylic oxidation sites excluding steroid dienone is 1. The van der Waals surface area contributed by atoms with Gasteiger partial charge in [-0.05, 0) is 61.4 Å². The minimum absolute atomic E-state index is 0.00151. The second kappa shape index (κ2) is 15.2. The van der Waals surface area contributed by atoms with Crippen LogP contribution in [0.3, 0.4) is 0 Å². The van der Waals surface area contributed by atoms with Crippen molar-refractivity contribution in [2.75, 3.05) is 13.1 Å². The molecule has 0 radical (unpaired) electrons. The van der Waals surface area contributed by atoms with Crippen molar-refractivity contribution in [3.63, 3.8) is 0 Å².